The van der Waals surface area contributed by atoms with Gasteiger partial charge in [0, 0.05) is 0 Å². The molecule has 0 bridgehead atoms. The van der Waals surface area contributed by atoms with Crippen molar-refractivity contribution in [3.05, 3.63) is 24.0 Å². The first kappa shape index (κ1) is 10.9. The molecule has 3 nitrogen and oxygen atoms in total. The van der Waals surface area contributed by atoms with Crippen LogP contribution in [0.15, 0.2) is 18.2 Å². The van der Waals surface area contributed by atoms with E-state index in [9.17, 15) is 9.18 Å². The molecule has 1 N–H and O–H groups in total. The summed E-state index contributed by atoms with van der Waals surface area (Å²) in [4.78, 5) is 11.6. The topological polar surface area (TPSA) is 38.3 Å². The standard InChI is InChI=1S/C12H14FNO2/c1-7(2)6-10-12(15)14-9-5-3-4-8(13)11(9)16-10/h3-5,7,10H,6H2,1-2H3,(H,14,15). The molecule has 1 aliphatic heterocycles. The van der Waals surface area contributed by atoms with Gasteiger partial charge in [0.15, 0.2) is 17.7 Å². The van der Waals surface area contributed by atoms with E-state index in [4.69, 9.17) is 4.74 Å². The fourth-order valence-electron chi connectivity index (χ4n) is 1.72. The summed E-state index contributed by atoms with van der Waals surface area (Å²) in [5.41, 5.74) is 0.407. The van der Waals surface area contributed by atoms with E-state index < -0.39 is 11.9 Å². The van der Waals surface area contributed by atoms with Crippen molar-refractivity contribution < 1.29 is 13.9 Å². The van der Waals surface area contributed by atoms with Crippen LogP contribution in [0.2, 0.25) is 0 Å². The van der Waals surface area contributed by atoms with Crippen LogP contribution in [0.3, 0.4) is 0 Å². The number of nitrogens with one attached hydrogen (secondary N) is 1. The van der Waals surface area contributed by atoms with Gasteiger partial charge in [-0.25, -0.2) is 4.39 Å². The summed E-state index contributed by atoms with van der Waals surface area (Å²) in [6, 6.07) is 4.49. The third-order valence-corrected chi connectivity index (χ3v) is 2.46. The summed E-state index contributed by atoms with van der Waals surface area (Å²) in [6.07, 6.45) is -0.0102. The Morgan fingerprint density at radius 3 is 2.94 bits per heavy atom. The first-order valence-corrected chi connectivity index (χ1v) is 5.34. The Hall–Kier alpha value is -1.58. The minimum absolute atomic E-state index is 0.146. The highest BCUT2D eigenvalue weighted by atomic mass is 19.1. The van der Waals surface area contributed by atoms with Gasteiger partial charge in [-0.15, -0.1) is 0 Å². The number of ether oxygens (including phenoxy) is 1. The highest BCUT2D eigenvalue weighted by Crippen LogP contribution is 2.33. The van der Waals surface area contributed by atoms with Crippen LogP contribution in [-0.2, 0) is 4.79 Å². The van der Waals surface area contributed by atoms with E-state index >= 15 is 0 Å². The third-order valence-electron chi connectivity index (χ3n) is 2.46. The molecule has 1 aromatic carbocycles. The molecule has 0 aliphatic carbocycles. The van der Waals surface area contributed by atoms with Crippen molar-refractivity contribution >= 4 is 11.6 Å². The van der Waals surface area contributed by atoms with E-state index in [0.29, 0.717) is 18.0 Å². The van der Waals surface area contributed by atoms with Crippen LogP contribution < -0.4 is 10.1 Å². The number of halogens is 1. The number of rotatable bonds is 2. The van der Waals surface area contributed by atoms with Gasteiger partial charge in [0.25, 0.3) is 5.91 Å². The van der Waals surface area contributed by atoms with Gasteiger partial charge in [0.05, 0.1) is 5.69 Å². The summed E-state index contributed by atoms with van der Waals surface area (Å²) in [7, 11) is 0. The predicted octanol–water partition coefficient (Wildman–Crippen LogP) is 2.57. The van der Waals surface area contributed by atoms with Crippen LogP contribution in [0.4, 0.5) is 10.1 Å². The molecule has 1 aromatic rings. The smallest absolute Gasteiger partial charge is 0.265 e. The number of para-hydroxylation sites is 1. The third kappa shape index (κ3) is 2.01. The molecular weight excluding hydrogens is 209 g/mol. The lowest BCUT2D eigenvalue weighted by molar-refractivity contribution is -0.124. The molecule has 0 saturated carbocycles. The molecule has 16 heavy (non-hydrogen) atoms. The SMILES string of the molecule is CC(C)CC1Oc2c(F)cccc2NC1=O. The summed E-state index contributed by atoms with van der Waals surface area (Å²) < 4.78 is 18.8. The number of carbonyl (C=O) groups is 1. The Morgan fingerprint density at radius 1 is 1.50 bits per heavy atom. The van der Waals surface area contributed by atoms with E-state index in [1.165, 1.54) is 6.07 Å². The maximum absolute atomic E-state index is 13.4. The zero-order chi connectivity index (χ0) is 11.7. The first-order chi connectivity index (χ1) is 7.58. The molecule has 0 aromatic heterocycles. The van der Waals surface area contributed by atoms with Crippen molar-refractivity contribution in [3.8, 4) is 5.75 Å². The fraction of sp³-hybridized carbons (Fsp3) is 0.417. The summed E-state index contributed by atoms with van der Waals surface area (Å²) >= 11 is 0. The summed E-state index contributed by atoms with van der Waals surface area (Å²) in [5, 5.41) is 2.65. The van der Waals surface area contributed by atoms with Crippen molar-refractivity contribution in [2.75, 3.05) is 5.32 Å². The van der Waals surface area contributed by atoms with Crippen LogP contribution >= 0.6 is 0 Å². The molecule has 1 amide bonds. The van der Waals surface area contributed by atoms with Crippen LogP contribution in [0.5, 0.6) is 5.75 Å². The van der Waals surface area contributed by atoms with Gasteiger partial charge in [-0.3, -0.25) is 4.79 Å². The Kier molecular flexibility index (Phi) is 2.81. The minimum Gasteiger partial charge on any atom is -0.475 e. The second kappa shape index (κ2) is 4.12. The van der Waals surface area contributed by atoms with Crippen LogP contribution in [0.25, 0.3) is 0 Å². The molecule has 2 rings (SSSR count). The van der Waals surface area contributed by atoms with Crippen molar-refractivity contribution in [1.29, 1.82) is 0 Å². The van der Waals surface area contributed by atoms with Gasteiger partial charge < -0.3 is 10.1 Å². The average Bonchev–Trinajstić information content (AvgIpc) is 2.20. The molecule has 86 valence electrons. The molecule has 0 radical (unpaired) electrons. The zero-order valence-electron chi connectivity index (χ0n) is 9.29. The predicted molar refractivity (Wildman–Crippen MR) is 58.9 cm³/mol. The monoisotopic (exact) mass is 223 g/mol. The molecule has 1 heterocycles. The maximum Gasteiger partial charge on any atom is 0.265 e. The number of hydrogen-bond donors (Lipinski definition) is 1. The molecule has 0 fully saturated rings. The first-order valence-electron chi connectivity index (χ1n) is 5.34. The lowest BCUT2D eigenvalue weighted by Crippen LogP contribution is -2.38. The van der Waals surface area contributed by atoms with Crippen molar-refractivity contribution in [2.24, 2.45) is 5.92 Å². The molecular formula is C12H14FNO2. The van der Waals surface area contributed by atoms with Gasteiger partial charge in [-0.1, -0.05) is 19.9 Å². The number of amides is 1. The van der Waals surface area contributed by atoms with Crippen LogP contribution in [0.1, 0.15) is 20.3 Å². The number of fused-ring (bicyclic) bond motifs is 1. The molecule has 1 aliphatic rings. The zero-order valence-corrected chi connectivity index (χ0v) is 9.29. The Labute approximate surface area is 93.6 Å². The van der Waals surface area contributed by atoms with E-state index in [0.717, 1.165) is 0 Å². The van der Waals surface area contributed by atoms with E-state index in [2.05, 4.69) is 5.32 Å². The fourth-order valence-corrected chi connectivity index (χ4v) is 1.72. The second-order valence-electron chi connectivity index (χ2n) is 4.34. The normalized spacial score (nSPS) is 19.0. The van der Waals surface area contributed by atoms with Gasteiger partial charge >= 0.3 is 0 Å². The van der Waals surface area contributed by atoms with Crippen molar-refractivity contribution in [2.45, 2.75) is 26.4 Å². The van der Waals surface area contributed by atoms with Gasteiger partial charge in [-0.2, -0.15) is 0 Å². The Morgan fingerprint density at radius 2 is 2.25 bits per heavy atom. The van der Waals surface area contributed by atoms with Crippen LogP contribution in [0, 0.1) is 11.7 Å². The maximum atomic E-state index is 13.4. The van der Waals surface area contributed by atoms with Crippen molar-refractivity contribution in [3.63, 3.8) is 0 Å². The molecule has 0 spiro atoms. The van der Waals surface area contributed by atoms with Gasteiger partial charge in [0.1, 0.15) is 0 Å². The number of hydrogen-bond acceptors (Lipinski definition) is 2. The highest BCUT2D eigenvalue weighted by molar-refractivity contribution is 5.97. The number of benzene rings is 1. The van der Waals surface area contributed by atoms with Gasteiger partial charge in [-0.05, 0) is 24.5 Å². The Balaban J connectivity index is 2.26. The largest absolute Gasteiger partial charge is 0.475 e. The Bertz CT molecular complexity index is 417. The average molecular weight is 223 g/mol. The molecule has 4 heteroatoms. The highest BCUT2D eigenvalue weighted by Gasteiger charge is 2.29. The lowest BCUT2D eigenvalue weighted by Gasteiger charge is -2.26. The molecule has 0 saturated heterocycles. The number of carbonyl (C=O) groups excluding carboxylic acids is 1. The second-order valence-corrected chi connectivity index (χ2v) is 4.34. The minimum atomic E-state index is -0.593. The van der Waals surface area contributed by atoms with E-state index in [1.54, 1.807) is 12.1 Å². The summed E-state index contributed by atoms with van der Waals surface area (Å²) in [5.74, 6) is -0.171. The molecule has 1 atom stereocenters. The lowest BCUT2D eigenvalue weighted by atomic mass is 10.0. The number of anilines is 1. The van der Waals surface area contributed by atoms with Crippen LogP contribution in [-0.4, -0.2) is 12.0 Å². The van der Waals surface area contributed by atoms with Crippen molar-refractivity contribution in [1.82, 2.24) is 0 Å². The van der Waals surface area contributed by atoms with Gasteiger partial charge in [0.2, 0.25) is 0 Å². The van der Waals surface area contributed by atoms with E-state index in [1.807, 2.05) is 13.8 Å². The molecule has 1 unspecified atom stereocenters. The quantitative estimate of drug-likeness (QED) is 0.836. The van der Waals surface area contributed by atoms with E-state index in [-0.39, 0.29) is 11.7 Å². The summed E-state index contributed by atoms with van der Waals surface area (Å²) in [6.45, 7) is 3.99.